The van der Waals surface area contributed by atoms with E-state index in [1.165, 1.54) is 36.1 Å². The zero-order valence-electron chi connectivity index (χ0n) is 15.7. The van der Waals surface area contributed by atoms with Gasteiger partial charge in [-0.25, -0.2) is 0 Å². The van der Waals surface area contributed by atoms with Crippen molar-refractivity contribution in [2.75, 3.05) is 18.0 Å². The molecule has 1 fully saturated rings. The van der Waals surface area contributed by atoms with Crippen LogP contribution in [0.1, 0.15) is 52.3 Å². The third-order valence-corrected chi connectivity index (χ3v) is 4.62. The Morgan fingerprint density at radius 3 is 2.35 bits per heavy atom. The number of aromatic nitrogens is 1. The zero-order chi connectivity index (χ0) is 17.0. The number of rotatable bonds is 2. The Labute approximate surface area is 141 Å². The summed E-state index contributed by atoms with van der Waals surface area (Å²) in [6.07, 6.45) is 2.42. The van der Waals surface area contributed by atoms with Gasteiger partial charge in [-0.2, -0.15) is 0 Å². The second-order valence-corrected chi connectivity index (χ2v) is 6.83. The van der Waals surface area contributed by atoms with Crippen LogP contribution in [0.2, 0.25) is 0 Å². The number of piperidine rings is 1. The minimum absolute atomic E-state index is 0.784. The topological polar surface area (TPSA) is 16.1 Å². The molecule has 0 saturated carbocycles. The first-order valence-corrected chi connectivity index (χ1v) is 9.22. The van der Waals surface area contributed by atoms with Gasteiger partial charge in [-0.05, 0) is 61.4 Å². The predicted octanol–water partition coefficient (Wildman–Crippen LogP) is 5.61. The molecule has 0 amide bonds. The second kappa shape index (κ2) is 7.81. The van der Waals surface area contributed by atoms with Gasteiger partial charge in [0.2, 0.25) is 0 Å². The molecule has 0 aliphatic carbocycles. The summed E-state index contributed by atoms with van der Waals surface area (Å²) in [6, 6.07) is 9.03. The third-order valence-electron chi connectivity index (χ3n) is 4.62. The van der Waals surface area contributed by atoms with Crippen molar-refractivity contribution in [2.45, 2.75) is 54.4 Å². The van der Waals surface area contributed by atoms with E-state index in [1.807, 2.05) is 13.8 Å². The summed E-state index contributed by atoms with van der Waals surface area (Å²) in [6.45, 7) is 15.4. The lowest BCUT2D eigenvalue weighted by atomic mass is 9.91. The van der Waals surface area contributed by atoms with E-state index in [0.29, 0.717) is 0 Å². The number of nitrogens with zero attached hydrogens (tertiary/aromatic N) is 2. The monoisotopic (exact) mass is 312 g/mol. The van der Waals surface area contributed by atoms with Gasteiger partial charge in [0.25, 0.3) is 0 Å². The molecular formula is C21H32N2. The Morgan fingerprint density at radius 1 is 1.09 bits per heavy atom. The maximum atomic E-state index is 4.68. The average Bonchev–Trinajstić information content (AvgIpc) is 2.54. The van der Waals surface area contributed by atoms with Crippen molar-refractivity contribution in [1.82, 2.24) is 4.98 Å². The predicted molar refractivity (Wildman–Crippen MR) is 102 cm³/mol. The number of hydrogen-bond acceptors (Lipinski definition) is 2. The van der Waals surface area contributed by atoms with Gasteiger partial charge in [0.05, 0.1) is 5.52 Å². The van der Waals surface area contributed by atoms with Crippen molar-refractivity contribution in [3.63, 3.8) is 0 Å². The Bertz CT molecular complexity index is 638. The molecule has 0 N–H and O–H groups in total. The summed E-state index contributed by atoms with van der Waals surface area (Å²) in [5.74, 6) is 1.57. The Kier molecular flexibility index (Phi) is 6.04. The molecule has 1 saturated heterocycles. The molecule has 2 aromatic rings. The fraction of sp³-hybridized carbons (Fsp3) is 0.571. The van der Waals surface area contributed by atoms with Gasteiger partial charge in [-0.3, -0.25) is 4.98 Å². The molecule has 1 aliphatic heterocycles. The molecule has 2 heterocycles. The van der Waals surface area contributed by atoms with Crippen LogP contribution in [0, 0.1) is 18.8 Å². The molecule has 2 unspecified atom stereocenters. The van der Waals surface area contributed by atoms with E-state index in [-0.39, 0.29) is 0 Å². The maximum Gasteiger partial charge on any atom is 0.0709 e. The second-order valence-electron chi connectivity index (χ2n) is 6.83. The highest BCUT2D eigenvalue weighted by molar-refractivity contribution is 5.86. The quantitative estimate of drug-likeness (QED) is 0.716. The summed E-state index contributed by atoms with van der Waals surface area (Å²) in [7, 11) is 0. The zero-order valence-corrected chi connectivity index (χ0v) is 15.7. The molecule has 1 aromatic heterocycles. The lowest BCUT2D eigenvalue weighted by molar-refractivity contribution is 0.357. The molecule has 2 atom stereocenters. The molecule has 0 bridgehead atoms. The average molecular weight is 313 g/mol. The molecule has 0 radical (unpaired) electrons. The third kappa shape index (κ3) is 4.04. The van der Waals surface area contributed by atoms with Crippen LogP contribution in [0.4, 0.5) is 5.69 Å². The van der Waals surface area contributed by atoms with Gasteiger partial charge >= 0.3 is 0 Å². The summed E-state index contributed by atoms with van der Waals surface area (Å²) in [5.41, 5.74) is 5.03. The number of benzene rings is 1. The van der Waals surface area contributed by atoms with Crippen LogP contribution in [0.3, 0.4) is 0 Å². The normalized spacial score (nSPS) is 21.0. The molecule has 126 valence electrons. The van der Waals surface area contributed by atoms with E-state index < -0.39 is 0 Å². The van der Waals surface area contributed by atoms with E-state index >= 15 is 0 Å². The summed E-state index contributed by atoms with van der Waals surface area (Å²) in [4.78, 5) is 7.24. The largest absolute Gasteiger partial charge is 0.371 e. The standard InChI is InChI=1S/C19H26N2.C2H6/c1-5-16-9-15(4)20-19-7-6-17(10-18(16)19)21-11-13(2)8-14(3)12-21;1-2/h6-7,9-10,13-14H,5,8,11-12H2,1-4H3;1-2H3. The first-order chi connectivity index (χ1) is 11.1. The molecule has 1 aliphatic rings. The number of aryl methyl sites for hydroxylation is 2. The number of fused-ring (bicyclic) bond motifs is 1. The number of hydrogen-bond donors (Lipinski definition) is 0. The minimum Gasteiger partial charge on any atom is -0.371 e. The first kappa shape index (κ1) is 17.8. The van der Waals surface area contributed by atoms with Crippen molar-refractivity contribution < 1.29 is 0 Å². The Hall–Kier alpha value is -1.57. The highest BCUT2D eigenvalue weighted by atomic mass is 15.1. The summed E-state index contributed by atoms with van der Waals surface area (Å²) >= 11 is 0. The lowest BCUT2D eigenvalue weighted by Gasteiger charge is -2.36. The van der Waals surface area contributed by atoms with Crippen molar-refractivity contribution in [3.05, 3.63) is 35.5 Å². The van der Waals surface area contributed by atoms with Crippen molar-refractivity contribution >= 4 is 16.6 Å². The maximum absolute atomic E-state index is 4.68. The number of pyridine rings is 1. The van der Waals surface area contributed by atoms with Crippen LogP contribution < -0.4 is 4.90 Å². The van der Waals surface area contributed by atoms with Gasteiger partial charge in [0.1, 0.15) is 0 Å². The summed E-state index contributed by atoms with van der Waals surface area (Å²) in [5, 5.41) is 1.33. The van der Waals surface area contributed by atoms with Gasteiger partial charge in [-0.15, -0.1) is 0 Å². The van der Waals surface area contributed by atoms with E-state index in [9.17, 15) is 0 Å². The molecule has 3 rings (SSSR count). The Morgan fingerprint density at radius 2 is 1.74 bits per heavy atom. The van der Waals surface area contributed by atoms with Gasteiger partial charge in [-0.1, -0.05) is 34.6 Å². The molecule has 2 nitrogen and oxygen atoms in total. The number of anilines is 1. The van der Waals surface area contributed by atoms with Crippen LogP contribution in [-0.2, 0) is 6.42 Å². The minimum atomic E-state index is 0.784. The van der Waals surface area contributed by atoms with Crippen molar-refractivity contribution in [3.8, 4) is 0 Å². The smallest absolute Gasteiger partial charge is 0.0709 e. The van der Waals surface area contributed by atoms with E-state index in [2.05, 4.69) is 61.8 Å². The first-order valence-electron chi connectivity index (χ1n) is 9.22. The fourth-order valence-corrected chi connectivity index (χ4v) is 3.79. The molecular weight excluding hydrogens is 280 g/mol. The SMILES string of the molecule is CC.CCc1cc(C)nc2ccc(N3CC(C)CC(C)C3)cc12. The van der Waals surface area contributed by atoms with Crippen molar-refractivity contribution in [1.29, 1.82) is 0 Å². The van der Waals surface area contributed by atoms with Crippen LogP contribution in [0.15, 0.2) is 24.3 Å². The Balaban J connectivity index is 0.000000924. The van der Waals surface area contributed by atoms with Crippen LogP contribution in [0.25, 0.3) is 10.9 Å². The molecule has 1 aromatic carbocycles. The van der Waals surface area contributed by atoms with Crippen LogP contribution >= 0.6 is 0 Å². The summed E-state index contributed by atoms with van der Waals surface area (Å²) < 4.78 is 0. The highest BCUT2D eigenvalue weighted by Crippen LogP contribution is 2.29. The highest BCUT2D eigenvalue weighted by Gasteiger charge is 2.22. The van der Waals surface area contributed by atoms with Gasteiger partial charge in [0, 0.05) is 29.9 Å². The van der Waals surface area contributed by atoms with Gasteiger partial charge in [0.15, 0.2) is 0 Å². The molecule has 2 heteroatoms. The van der Waals surface area contributed by atoms with E-state index in [0.717, 1.165) is 29.5 Å². The van der Waals surface area contributed by atoms with E-state index in [4.69, 9.17) is 0 Å². The van der Waals surface area contributed by atoms with E-state index in [1.54, 1.807) is 0 Å². The van der Waals surface area contributed by atoms with Crippen molar-refractivity contribution in [2.24, 2.45) is 11.8 Å². The fourth-order valence-electron chi connectivity index (χ4n) is 3.79. The van der Waals surface area contributed by atoms with Gasteiger partial charge < -0.3 is 4.90 Å². The van der Waals surface area contributed by atoms with Crippen LogP contribution in [0.5, 0.6) is 0 Å². The lowest BCUT2D eigenvalue weighted by Crippen LogP contribution is -2.38. The molecule has 23 heavy (non-hydrogen) atoms. The van der Waals surface area contributed by atoms with Crippen LogP contribution in [-0.4, -0.2) is 18.1 Å². The molecule has 0 spiro atoms.